The predicted molar refractivity (Wildman–Crippen MR) is 121 cm³/mol. The molecule has 0 bridgehead atoms. The Labute approximate surface area is 189 Å². The van der Waals surface area contributed by atoms with Gasteiger partial charge in [-0.25, -0.2) is 0 Å². The number of para-hydroxylation sites is 1. The van der Waals surface area contributed by atoms with Crippen molar-refractivity contribution in [3.8, 4) is 0 Å². The molecule has 0 radical (unpaired) electrons. The average Bonchev–Trinajstić information content (AvgIpc) is 3.46. The van der Waals surface area contributed by atoms with Gasteiger partial charge in [0.25, 0.3) is 0 Å². The first-order valence-corrected chi connectivity index (χ1v) is 11.8. The van der Waals surface area contributed by atoms with Crippen molar-refractivity contribution in [2.75, 3.05) is 18.4 Å². The monoisotopic (exact) mass is 439 g/mol. The largest absolute Gasteiger partial charge is 0.343 e. The smallest absolute Gasteiger partial charge is 0.240 e. The summed E-state index contributed by atoms with van der Waals surface area (Å²) in [4.78, 5) is 32.2. The summed E-state index contributed by atoms with van der Waals surface area (Å²) < 4.78 is 5.51. The number of carbonyl (C=O) groups is 2. The number of hydrogen-bond acceptors (Lipinski definition) is 6. The third-order valence-corrected chi connectivity index (χ3v) is 6.82. The molecule has 1 aliphatic heterocycles. The Balaban J connectivity index is 1.38. The molecule has 1 aromatic carbocycles. The summed E-state index contributed by atoms with van der Waals surface area (Å²) in [7, 11) is 0. The molecular weight excluding hydrogens is 406 g/mol. The summed E-state index contributed by atoms with van der Waals surface area (Å²) in [5, 5.41) is 10.4. The van der Waals surface area contributed by atoms with E-state index in [0.29, 0.717) is 37.5 Å². The van der Waals surface area contributed by atoms with Gasteiger partial charge in [0.1, 0.15) is 5.54 Å². The third-order valence-electron chi connectivity index (χ3n) is 6.82. The van der Waals surface area contributed by atoms with Crippen molar-refractivity contribution in [2.45, 2.75) is 70.9 Å². The molecule has 1 fully saturated rings. The first kappa shape index (κ1) is 22.5. The van der Waals surface area contributed by atoms with E-state index in [1.165, 1.54) is 0 Å². The van der Waals surface area contributed by atoms with Crippen molar-refractivity contribution < 1.29 is 14.1 Å². The fourth-order valence-electron chi connectivity index (χ4n) is 4.82. The molecule has 2 heterocycles. The molecule has 2 amide bonds. The summed E-state index contributed by atoms with van der Waals surface area (Å²) in [6.07, 6.45) is 5.12. The van der Waals surface area contributed by atoms with Gasteiger partial charge in [-0.1, -0.05) is 50.0 Å². The van der Waals surface area contributed by atoms with Crippen LogP contribution in [0.25, 0.3) is 0 Å². The Morgan fingerprint density at radius 1 is 1.25 bits per heavy atom. The number of aromatic nitrogens is 2. The lowest BCUT2D eigenvalue weighted by molar-refractivity contribution is -0.124. The topological polar surface area (TPSA) is 100 Å². The van der Waals surface area contributed by atoms with Crippen LogP contribution in [0.15, 0.2) is 28.8 Å². The van der Waals surface area contributed by atoms with E-state index in [4.69, 9.17) is 4.52 Å². The lowest BCUT2D eigenvalue weighted by Crippen LogP contribution is -2.45. The lowest BCUT2D eigenvalue weighted by atomic mass is 9.89. The second-order valence-corrected chi connectivity index (χ2v) is 8.90. The zero-order valence-electron chi connectivity index (χ0n) is 19.0. The number of hydrogen-bond donors (Lipinski definition) is 2. The number of benzene rings is 1. The number of anilines is 1. The summed E-state index contributed by atoms with van der Waals surface area (Å²) in [6, 6.07) is 7.84. The highest BCUT2D eigenvalue weighted by Gasteiger charge is 2.41. The van der Waals surface area contributed by atoms with Crippen molar-refractivity contribution in [3.05, 3.63) is 41.5 Å². The fourth-order valence-corrected chi connectivity index (χ4v) is 4.82. The van der Waals surface area contributed by atoms with Crippen LogP contribution in [-0.2, 0) is 28.1 Å². The van der Waals surface area contributed by atoms with Crippen LogP contribution in [0.1, 0.15) is 69.7 Å². The normalized spacial score (nSPS) is 19.6. The van der Waals surface area contributed by atoms with Crippen LogP contribution in [0.4, 0.5) is 5.69 Å². The molecule has 1 aromatic heterocycles. The van der Waals surface area contributed by atoms with Crippen LogP contribution in [0.5, 0.6) is 0 Å². The molecule has 2 N–H and O–H groups in total. The van der Waals surface area contributed by atoms with E-state index in [-0.39, 0.29) is 17.7 Å². The Hall–Kier alpha value is -2.74. The van der Waals surface area contributed by atoms with Gasteiger partial charge in [-0.05, 0) is 50.4 Å². The molecule has 1 aliphatic carbocycles. The molecule has 2 aliphatic rings. The maximum Gasteiger partial charge on any atom is 0.240 e. The van der Waals surface area contributed by atoms with Crippen molar-refractivity contribution in [1.29, 1.82) is 0 Å². The molecule has 1 unspecified atom stereocenters. The standard InChI is InChI=1S/C24H33N5O3/c1-3-29(4-2)16-21-26-23(28-32-21)24(13-7-8-14-24)27-20(30)12-11-18-15-17-9-5-6-10-19(17)25-22(18)31/h5-6,9-10,18H,3-4,7-8,11-16H2,1-2H3,(H,25,31)(H,27,30). The minimum absolute atomic E-state index is 0.00806. The molecule has 8 nitrogen and oxygen atoms in total. The van der Waals surface area contributed by atoms with E-state index in [9.17, 15) is 9.59 Å². The molecule has 1 saturated carbocycles. The van der Waals surface area contributed by atoms with Crippen LogP contribution in [0.2, 0.25) is 0 Å². The Bertz CT molecular complexity index is 947. The van der Waals surface area contributed by atoms with Crippen LogP contribution >= 0.6 is 0 Å². The number of fused-ring (bicyclic) bond motifs is 1. The molecule has 4 rings (SSSR count). The van der Waals surface area contributed by atoms with Gasteiger partial charge in [0, 0.05) is 18.0 Å². The van der Waals surface area contributed by atoms with Crippen molar-refractivity contribution in [1.82, 2.24) is 20.4 Å². The van der Waals surface area contributed by atoms with E-state index in [1.54, 1.807) is 0 Å². The zero-order chi connectivity index (χ0) is 22.6. The van der Waals surface area contributed by atoms with Crippen molar-refractivity contribution >= 4 is 17.5 Å². The highest BCUT2D eigenvalue weighted by Crippen LogP contribution is 2.37. The molecule has 2 aromatic rings. The van der Waals surface area contributed by atoms with Crippen LogP contribution in [0.3, 0.4) is 0 Å². The Morgan fingerprint density at radius 2 is 2.00 bits per heavy atom. The summed E-state index contributed by atoms with van der Waals surface area (Å²) in [5.74, 6) is 0.901. The summed E-state index contributed by atoms with van der Waals surface area (Å²) in [6.45, 7) is 6.64. The maximum absolute atomic E-state index is 12.9. The highest BCUT2D eigenvalue weighted by atomic mass is 16.5. The Kier molecular flexibility index (Phi) is 6.89. The number of rotatable bonds is 9. The van der Waals surface area contributed by atoms with Crippen LogP contribution < -0.4 is 10.6 Å². The maximum atomic E-state index is 12.9. The Morgan fingerprint density at radius 3 is 2.75 bits per heavy atom. The second-order valence-electron chi connectivity index (χ2n) is 8.90. The average molecular weight is 440 g/mol. The minimum Gasteiger partial charge on any atom is -0.343 e. The first-order valence-electron chi connectivity index (χ1n) is 11.8. The molecule has 32 heavy (non-hydrogen) atoms. The number of nitrogens with zero attached hydrogens (tertiary/aromatic N) is 3. The van der Waals surface area contributed by atoms with Gasteiger partial charge < -0.3 is 15.2 Å². The van der Waals surface area contributed by atoms with E-state index in [2.05, 4.69) is 39.5 Å². The fraction of sp³-hybridized carbons (Fsp3) is 0.583. The van der Waals surface area contributed by atoms with Gasteiger partial charge in [0.2, 0.25) is 17.7 Å². The van der Waals surface area contributed by atoms with Crippen molar-refractivity contribution in [2.24, 2.45) is 5.92 Å². The number of carbonyl (C=O) groups excluding carboxylic acids is 2. The molecule has 172 valence electrons. The summed E-state index contributed by atoms with van der Waals surface area (Å²) in [5.41, 5.74) is 1.43. The van der Waals surface area contributed by atoms with Gasteiger partial charge in [-0.3, -0.25) is 14.5 Å². The first-order chi connectivity index (χ1) is 15.5. The lowest BCUT2D eigenvalue weighted by Gasteiger charge is -2.28. The van der Waals surface area contributed by atoms with Crippen molar-refractivity contribution in [3.63, 3.8) is 0 Å². The summed E-state index contributed by atoms with van der Waals surface area (Å²) >= 11 is 0. The quantitative estimate of drug-likeness (QED) is 0.621. The molecule has 0 spiro atoms. The van der Waals surface area contributed by atoms with Gasteiger partial charge >= 0.3 is 0 Å². The van der Waals surface area contributed by atoms with Gasteiger partial charge in [0.15, 0.2) is 5.82 Å². The van der Waals surface area contributed by atoms with Gasteiger partial charge in [0.05, 0.1) is 6.54 Å². The predicted octanol–water partition coefficient (Wildman–Crippen LogP) is 3.39. The molecule has 0 saturated heterocycles. The van der Waals surface area contributed by atoms with Gasteiger partial charge in [-0.15, -0.1) is 0 Å². The highest BCUT2D eigenvalue weighted by molar-refractivity contribution is 5.96. The zero-order valence-corrected chi connectivity index (χ0v) is 19.0. The van der Waals surface area contributed by atoms with E-state index >= 15 is 0 Å². The minimum atomic E-state index is -0.566. The molecule has 8 heteroatoms. The molecular formula is C24H33N5O3. The number of amides is 2. The van der Waals surface area contributed by atoms with E-state index in [1.807, 2.05) is 24.3 Å². The van der Waals surface area contributed by atoms with E-state index in [0.717, 1.165) is 50.0 Å². The second kappa shape index (κ2) is 9.81. The van der Waals surface area contributed by atoms with Gasteiger partial charge in [-0.2, -0.15) is 4.98 Å². The SMILES string of the molecule is CCN(CC)Cc1nc(C2(NC(=O)CCC3Cc4ccccc4NC3=O)CCCC2)no1. The molecule has 1 atom stereocenters. The third kappa shape index (κ3) is 4.85. The van der Waals surface area contributed by atoms with Crippen LogP contribution in [0, 0.1) is 5.92 Å². The van der Waals surface area contributed by atoms with E-state index < -0.39 is 5.54 Å². The van der Waals surface area contributed by atoms with Crippen LogP contribution in [-0.4, -0.2) is 39.9 Å². The number of nitrogens with one attached hydrogen (secondary N) is 2.